The van der Waals surface area contributed by atoms with E-state index < -0.39 is 11.9 Å². The Labute approximate surface area is 203 Å². The van der Waals surface area contributed by atoms with E-state index in [1.54, 1.807) is 18.2 Å². The highest BCUT2D eigenvalue weighted by Gasteiger charge is 2.36. The predicted octanol–water partition coefficient (Wildman–Crippen LogP) is 5.66. The van der Waals surface area contributed by atoms with Gasteiger partial charge in [-0.05, 0) is 61.5 Å². The molecule has 2 aromatic carbocycles. The van der Waals surface area contributed by atoms with Crippen LogP contribution in [0.15, 0.2) is 66.0 Å². The lowest BCUT2D eigenvalue weighted by Gasteiger charge is -2.33. The van der Waals surface area contributed by atoms with E-state index in [4.69, 9.17) is 4.74 Å². The van der Waals surface area contributed by atoms with Crippen LogP contribution in [0.3, 0.4) is 0 Å². The molecule has 2 amide bonds. The average Bonchev–Trinajstić information content (AvgIpc) is 3.53. The second-order valence-corrected chi connectivity index (χ2v) is 9.39. The summed E-state index contributed by atoms with van der Waals surface area (Å²) in [6, 6.07) is 15.9. The molecule has 5 nitrogen and oxygen atoms in total. The van der Waals surface area contributed by atoms with Crippen LogP contribution in [0.25, 0.3) is 0 Å². The molecular formula is C27H29FN2O3S. The molecule has 1 unspecified atom stereocenters. The van der Waals surface area contributed by atoms with Gasteiger partial charge in [0.2, 0.25) is 11.8 Å². The largest absolute Gasteiger partial charge is 0.493 e. The minimum absolute atomic E-state index is 0.0803. The monoisotopic (exact) mass is 480 g/mol. The third-order valence-corrected chi connectivity index (χ3v) is 6.88. The van der Waals surface area contributed by atoms with E-state index in [9.17, 15) is 14.0 Å². The van der Waals surface area contributed by atoms with E-state index in [1.807, 2.05) is 42.6 Å². The van der Waals surface area contributed by atoms with Crippen molar-refractivity contribution in [3.8, 4) is 5.75 Å². The van der Waals surface area contributed by atoms with Crippen LogP contribution in [0, 0.1) is 5.82 Å². The van der Waals surface area contributed by atoms with Crippen molar-refractivity contribution in [1.29, 1.82) is 0 Å². The molecule has 34 heavy (non-hydrogen) atoms. The topological polar surface area (TPSA) is 58.6 Å². The Morgan fingerprint density at radius 2 is 1.82 bits per heavy atom. The van der Waals surface area contributed by atoms with Gasteiger partial charge >= 0.3 is 0 Å². The van der Waals surface area contributed by atoms with Gasteiger partial charge in [-0.2, -0.15) is 0 Å². The Kier molecular flexibility index (Phi) is 7.95. The maximum Gasteiger partial charge on any atom is 0.248 e. The van der Waals surface area contributed by atoms with Crippen molar-refractivity contribution < 1.29 is 18.7 Å². The molecule has 0 saturated heterocycles. The van der Waals surface area contributed by atoms with Crippen molar-refractivity contribution in [2.75, 3.05) is 11.5 Å². The number of nitrogens with one attached hydrogen (secondary N) is 1. The van der Waals surface area contributed by atoms with Gasteiger partial charge in [-0.15, -0.1) is 11.3 Å². The summed E-state index contributed by atoms with van der Waals surface area (Å²) in [5, 5.41) is 5.08. The number of benzene rings is 2. The lowest BCUT2D eigenvalue weighted by molar-refractivity contribution is -0.127. The summed E-state index contributed by atoms with van der Waals surface area (Å²) in [5.41, 5.74) is 1.06. The zero-order valence-corrected chi connectivity index (χ0v) is 20.0. The molecule has 1 fully saturated rings. The summed E-state index contributed by atoms with van der Waals surface area (Å²) in [7, 11) is 0. The van der Waals surface area contributed by atoms with Crippen molar-refractivity contribution >= 4 is 28.8 Å². The first-order valence-corrected chi connectivity index (χ1v) is 12.6. The van der Waals surface area contributed by atoms with Crippen LogP contribution in [0.5, 0.6) is 5.75 Å². The van der Waals surface area contributed by atoms with Gasteiger partial charge in [0, 0.05) is 22.2 Å². The number of para-hydroxylation sites is 1. The molecule has 4 rings (SSSR count). The summed E-state index contributed by atoms with van der Waals surface area (Å²) < 4.78 is 19.6. The number of carbonyl (C=O) groups excluding carboxylic acids is 2. The van der Waals surface area contributed by atoms with Crippen LogP contribution < -0.4 is 15.0 Å². The maximum absolute atomic E-state index is 13.8. The maximum atomic E-state index is 13.8. The fraction of sp³-hybridized carbons (Fsp3) is 0.333. The molecule has 0 spiro atoms. The van der Waals surface area contributed by atoms with Crippen LogP contribution >= 0.6 is 11.3 Å². The second-order valence-electron chi connectivity index (χ2n) is 8.36. The Hall–Kier alpha value is -3.19. The predicted molar refractivity (Wildman–Crippen MR) is 133 cm³/mol. The number of amides is 2. The normalized spacial score (nSPS) is 14.5. The average molecular weight is 481 g/mol. The molecule has 0 aliphatic heterocycles. The van der Waals surface area contributed by atoms with Crippen molar-refractivity contribution in [3.05, 3.63) is 82.3 Å². The Morgan fingerprint density at radius 3 is 2.50 bits per heavy atom. The van der Waals surface area contributed by atoms with Gasteiger partial charge in [0.25, 0.3) is 0 Å². The highest BCUT2D eigenvalue weighted by molar-refractivity contribution is 7.10. The van der Waals surface area contributed by atoms with E-state index in [-0.39, 0.29) is 24.3 Å². The number of rotatable bonds is 9. The van der Waals surface area contributed by atoms with E-state index in [1.165, 1.54) is 28.4 Å². The van der Waals surface area contributed by atoms with Crippen LogP contribution in [0.1, 0.15) is 49.1 Å². The van der Waals surface area contributed by atoms with Gasteiger partial charge in [-0.3, -0.25) is 14.5 Å². The lowest BCUT2D eigenvalue weighted by atomic mass is 10.0. The third-order valence-electron chi connectivity index (χ3n) is 6.00. The molecule has 178 valence electrons. The summed E-state index contributed by atoms with van der Waals surface area (Å²) >= 11 is 1.49. The molecule has 1 N–H and O–H groups in total. The van der Waals surface area contributed by atoms with Gasteiger partial charge in [0.05, 0.1) is 13.0 Å². The molecule has 0 radical (unpaired) electrons. The Bertz CT molecular complexity index is 1100. The van der Waals surface area contributed by atoms with Crippen LogP contribution in [-0.4, -0.2) is 24.5 Å². The van der Waals surface area contributed by atoms with Gasteiger partial charge < -0.3 is 10.1 Å². The number of thiophene rings is 1. The van der Waals surface area contributed by atoms with E-state index in [0.717, 1.165) is 30.6 Å². The Morgan fingerprint density at radius 1 is 1.09 bits per heavy atom. The fourth-order valence-electron chi connectivity index (χ4n) is 4.43. The van der Waals surface area contributed by atoms with Crippen molar-refractivity contribution in [1.82, 2.24) is 5.32 Å². The van der Waals surface area contributed by atoms with Crippen molar-refractivity contribution in [2.45, 2.75) is 51.1 Å². The zero-order valence-electron chi connectivity index (χ0n) is 19.2. The fourth-order valence-corrected chi connectivity index (χ4v) is 5.12. The first-order valence-electron chi connectivity index (χ1n) is 11.7. The number of carbonyl (C=O) groups is 2. The van der Waals surface area contributed by atoms with Crippen molar-refractivity contribution in [3.63, 3.8) is 0 Å². The van der Waals surface area contributed by atoms with Crippen LogP contribution in [-0.2, 0) is 16.0 Å². The molecule has 7 heteroatoms. The third kappa shape index (κ3) is 5.65. The standard InChI is InChI=1S/C27H29FN2O3S/c1-2-33-24-12-6-5-11-23(24)26(27(32)29-20-8-3-4-9-20)30(21-15-13-19(28)14-16-21)25(31)18-22-10-7-17-34-22/h5-7,10-17,20,26H,2-4,8-9,18H2,1H3,(H,29,32). The summed E-state index contributed by atoms with van der Waals surface area (Å²) in [5.74, 6) is -0.362. The van der Waals surface area contributed by atoms with Crippen molar-refractivity contribution in [2.24, 2.45) is 0 Å². The number of hydrogen-bond donors (Lipinski definition) is 1. The number of ether oxygens (including phenoxy) is 1. The summed E-state index contributed by atoms with van der Waals surface area (Å²) in [6.07, 6.45) is 4.13. The van der Waals surface area contributed by atoms with Gasteiger partial charge in [-0.1, -0.05) is 37.1 Å². The van der Waals surface area contributed by atoms with Crippen LogP contribution in [0.2, 0.25) is 0 Å². The molecule has 0 bridgehead atoms. The SMILES string of the molecule is CCOc1ccccc1C(C(=O)NC1CCCC1)N(C(=O)Cc1cccs1)c1ccc(F)cc1. The summed E-state index contributed by atoms with van der Waals surface area (Å²) in [4.78, 5) is 29.9. The first-order chi connectivity index (χ1) is 16.6. The molecule has 1 saturated carbocycles. The Balaban J connectivity index is 1.79. The molecule has 1 aromatic heterocycles. The first kappa shape index (κ1) is 24.0. The zero-order chi connectivity index (χ0) is 23.9. The van der Waals surface area contributed by atoms with E-state index in [2.05, 4.69) is 5.32 Å². The number of anilines is 1. The van der Waals surface area contributed by atoms with Gasteiger partial charge in [0.15, 0.2) is 0 Å². The van der Waals surface area contributed by atoms with Gasteiger partial charge in [-0.25, -0.2) is 4.39 Å². The molecule has 1 heterocycles. The van der Waals surface area contributed by atoms with Gasteiger partial charge in [0.1, 0.15) is 17.6 Å². The minimum Gasteiger partial charge on any atom is -0.493 e. The second kappa shape index (κ2) is 11.3. The molecule has 3 aromatic rings. The van der Waals surface area contributed by atoms with E-state index >= 15 is 0 Å². The number of nitrogens with zero attached hydrogens (tertiary/aromatic N) is 1. The highest BCUT2D eigenvalue weighted by Crippen LogP contribution is 2.35. The minimum atomic E-state index is -0.957. The molecule has 1 aliphatic carbocycles. The quantitative estimate of drug-likeness (QED) is 0.430. The molecule has 1 aliphatic rings. The molecular weight excluding hydrogens is 451 g/mol. The van der Waals surface area contributed by atoms with E-state index in [0.29, 0.717) is 23.6 Å². The smallest absolute Gasteiger partial charge is 0.248 e. The molecule has 1 atom stereocenters. The lowest BCUT2D eigenvalue weighted by Crippen LogP contribution is -2.47. The number of halogens is 1. The number of hydrogen-bond acceptors (Lipinski definition) is 4. The summed E-state index contributed by atoms with van der Waals surface area (Å²) in [6.45, 7) is 2.30. The van der Waals surface area contributed by atoms with Crippen LogP contribution in [0.4, 0.5) is 10.1 Å². The highest BCUT2D eigenvalue weighted by atomic mass is 32.1.